The van der Waals surface area contributed by atoms with Gasteiger partial charge in [-0.2, -0.15) is 0 Å². The molecule has 0 saturated heterocycles. The smallest absolute Gasteiger partial charge is 0.275 e. The van der Waals surface area contributed by atoms with E-state index < -0.39 is 5.82 Å². The number of aryl methyl sites for hydroxylation is 1. The normalized spacial score (nSPS) is 11.1. The first-order valence-corrected chi connectivity index (χ1v) is 9.76. The number of fused-ring (bicyclic) bond motifs is 3. The van der Waals surface area contributed by atoms with E-state index in [2.05, 4.69) is 5.32 Å². The summed E-state index contributed by atoms with van der Waals surface area (Å²) in [7, 11) is 1.59. The van der Waals surface area contributed by atoms with Gasteiger partial charge in [-0.05, 0) is 42.8 Å². The molecule has 4 rings (SSSR count). The predicted octanol–water partition coefficient (Wildman–Crippen LogP) is 3.50. The SMILES string of the molecule is COc1ccccc1CNC(=O)CCCn1c(=O)c2cccn2c2ccc(F)cc21. The van der Waals surface area contributed by atoms with Gasteiger partial charge in [-0.3, -0.25) is 9.59 Å². The fraction of sp³-hybridized carbons (Fsp3) is 0.217. The van der Waals surface area contributed by atoms with Crippen LogP contribution in [-0.4, -0.2) is 22.0 Å². The number of amides is 1. The van der Waals surface area contributed by atoms with E-state index >= 15 is 0 Å². The molecule has 1 N–H and O–H groups in total. The number of nitrogens with one attached hydrogen (secondary N) is 1. The van der Waals surface area contributed by atoms with E-state index in [0.29, 0.717) is 30.5 Å². The summed E-state index contributed by atoms with van der Waals surface area (Å²) < 4.78 is 22.4. The average Bonchev–Trinajstić information content (AvgIpc) is 3.25. The van der Waals surface area contributed by atoms with E-state index in [-0.39, 0.29) is 17.9 Å². The molecule has 6 nitrogen and oxygen atoms in total. The van der Waals surface area contributed by atoms with Crippen molar-refractivity contribution in [1.29, 1.82) is 0 Å². The summed E-state index contributed by atoms with van der Waals surface area (Å²) in [6.45, 7) is 0.690. The van der Waals surface area contributed by atoms with E-state index in [1.165, 1.54) is 12.1 Å². The molecule has 7 heteroatoms. The van der Waals surface area contributed by atoms with Gasteiger partial charge < -0.3 is 19.0 Å². The summed E-state index contributed by atoms with van der Waals surface area (Å²) in [6.07, 6.45) is 2.50. The van der Waals surface area contributed by atoms with E-state index in [9.17, 15) is 14.0 Å². The molecule has 2 aromatic carbocycles. The van der Waals surface area contributed by atoms with Crippen molar-refractivity contribution in [2.75, 3.05) is 7.11 Å². The van der Waals surface area contributed by atoms with Gasteiger partial charge in [-0.1, -0.05) is 18.2 Å². The van der Waals surface area contributed by atoms with Crippen molar-refractivity contribution in [3.8, 4) is 5.75 Å². The lowest BCUT2D eigenvalue weighted by Gasteiger charge is -2.13. The van der Waals surface area contributed by atoms with Gasteiger partial charge in [0.05, 0.1) is 18.1 Å². The van der Waals surface area contributed by atoms with Crippen LogP contribution < -0.4 is 15.6 Å². The number of hydrogen-bond donors (Lipinski definition) is 1. The monoisotopic (exact) mass is 407 g/mol. The Hall–Kier alpha value is -3.61. The first kappa shape index (κ1) is 19.7. The molecule has 0 aliphatic carbocycles. The fourth-order valence-electron chi connectivity index (χ4n) is 3.68. The summed E-state index contributed by atoms with van der Waals surface area (Å²) in [4.78, 5) is 25.2. The van der Waals surface area contributed by atoms with Crippen molar-refractivity contribution in [3.63, 3.8) is 0 Å². The molecule has 2 heterocycles. The molecule has 0 bridgehead atoms. The summed E-state index contributed by atoms with van der Waals surface area (Å²) in [6, 6.07) is 15.4. The third kappa shape index (κ3) is 3.78. The van der Waals surface area contributed by atoms with Crippen LogP contribution in [0.15, 0.2) is 65.6 Å². The van der Waals surface area contributed by atoms with Gasteiger partial charge in [-0.15, -0.1) is 0 Å². The van der Waals surface area contributed by atoms with Crippen LogP contribution in [0.4, 0.5) is 4.39 Å². The standard InChI is InChI=1S/C23H22FN3O3/c1-30-21-8-3-2-6-16(21)15-25-22(28)9-5-13-27-20-14-17(24)10-11-18(20)26-12-4-7-19(26)23(27)29/h2-4,6-8,10-12,14H,5,9,13,15H2,1H3,(H,25,28). The molecule has 1 amide bonds. The maximum absolute atomic E-state index is 13.8. The molecule has 4 aromatic rings. The second-order valence-electron chi connectivity index (χ2n) is 7.05. The number of halogens is 1. The van der Waals surface area contributed by atoms with Crippen LogP contribution in [0.1, 0.15) is 18.4 Å². The summed E-state index contributed by atoms with van der Waals surface area (Å²) in [5.41, 5.74) is 2.47. The first-order valence-electron chi connectivity index (χ1n) is 9.76. The zero-order valence-electron chi connectivity index (χ0n) is 16.6. The van der Waals surface area contributed by atoms with Crippen LogP contribution in [0.5, 0.6) is 5.75 Å². The van der Waals surface area contributed by atoms with Crippen LogP contribution in [-0.2, 0) is 17.9 Å². The molecule has 0 spiro atoms. The van der Waals surface area contributed by atoms with Crippen molar-refractivity contribution >= 4 is 22.5 Å². The second-order valence-corrected chi connectivity index (χ2v) is 7.05. The minimum atomic E-state index is -0.406. The topological polar surface area (TPSA) is 64.7 Å². The number of nitrogens with zero attached hydrogens (tertiary/aromatic N) is 2. The van der Waals surface area contributed by atoms with Crippen LogP contribution in [0.25, 0.3) is 16.6 Å². The third-order valence-electron chi connectivity index (χ3n) is 5.15. The number of para-hydroxylation sites is 1. The van der Waals surface area contributed by atoms with Crippen molar-refractivity contribution in [1.82, 2.24) is 14.3 Å². The number of rotatable bonds is 7. The van der Waals surface area contributed by atoms with Gasteiger partial charge in [0, 0.05) is 31.3 Å². The Balaban J connectivity index is 1.47. The molecule has 30 heavy (non-hydrogen) atoms. The minimum Gasteiger partial charge on any atom is -0.496 e. The van der Waals surface area contributed by atoms with E-state index in [1.54, 1.807) is 40.5 Å². The quantitative estimate of drug-likeness (QED) is 0.510. The average molecular weight is 407 g/mol. The number of carbonyl (C=O) groups is 1. The number of hydrogen-bond acceptors (Lipinski definition) is 3. The van der Waals surface area contributed by atoms with Gasteiger partial charge in [0.1, 0.15) is 17.1 Å². The van der Waals surface area contributed by atoms with Gasteiger partial charge in [0.15, 0.2) is 0 Å². The second kappa shape index (κ2) is 8.41. The van der Waals surface area contributed by atoms with Crippen LogP contribution in [0.3, 0.4) is 0 Å². The van der Waals surface area contributed by atoms with Gasteiger partial charge >= 0.3 is 0 Å². The van der Waals surface area contributed by atoms with Crippen molar-refractivity contribution in [2.45, 2.75) is 25.9 Å². The highest BCUT2D eigenvalue weighted by Crippen LogP contribution is 2.18. The maximum atomic E-state index is 13.8. The van der Waals surface area contributed by atoms with Crippen molar-refractivity contribution in [3.05, 3.63) is 82.5 Å². The molecule has 0 atom stereocenters. The molecule has 0 saturated carbocycles. The molecule has 0 aliphatic heterocycles. The lowest BCUT2D eigenvalue weighted by molar-refractivity contribution is -0.121. The molecule has 0 aliphatic rings. The van der Waals surface area contributed by atoms with E-state index in [1.807, 2.05) is 24.3 Å². The minimum absolute atomic E-state index is 0.117. The number of ether oxygens (including phenoxy) is 1. The van der Waals surface area contributed by atoms with Gasteiger partial charge in [0.25, 0.3) is 5.56 Å². The third-order valence-corrected chi connectivity index (χ3v) is 5.15. The zero-order valence-corrected chi connectivity index (χ0v) is 16.6. The van der Waals surface area contributed by atoms with Crippen LogP contribution >= 0.6 is 0 Å². The molecular formula is C23H22FN3O3. The Kier molecular flexibility index (Phi) is 5.52. The molecular weight excluding hydrogens is 385 g/mol. The van der Waals surface area contributed by atoms with E-state index in [4.69, 9.17) is 4.74 Å². The highest BCUT2D eigenvalue weighted by Gasteiger charge is 2.12. The maximum Gasteiger partial charge on any atom is 0.275 e. The lowest BCUT2D eigenvalue weighted by atomic mass is 10.2. The highest BCUT2D eigenvalue weighted by molar-refractivity contribution is 5.79. The van der Waals surface area contributed by atoms with Crippen LogP contribution in [0, 0.1) is 5.82 Å². The van der Waals surface area contributed by atoms with Gasteiger partial charge in [-0.25, -0.2) is 4.39 Å². The van der Waals surface area contributed by atoms with Crippen molar-refractivity contribution < 1.29 is 13.9 Å². The number of carbonyl (C=O) groups excluding carboxylic acids is 1. The molecule has 0 fully saturated rings. The Morgan fingerprint density at radius 3 is 2.73 bits per heavy atom. The first-order chi connectivity index (χ1) is 14.6. The van der Waals surface area contributed by atoms with E-state index in [0.717, 1.165) is 16.8 Å². The highest BCUT2D eigenvalue weighted by atomic mass is 19.1. The number of benzene rings is 2. The number of aromatic nitrogens is 2. The fourth-order valence-corrected chi connectivity index (χ4v) is 3.68. The summed E-state index contributed by atoms with van der Waals surface area (Å²) >= 11 is 0. The molecule has 2 aromatic heterocycles. The predicted molar refractivity (Wildman–Crippen MR) is 113 cm³/mol. The Morgan fingerprint density at radius 1 is 1.07 bits per heavy atom. The summed E-state index contributed by atoms with van der Waals surface area (Å²) in [5.74, 6) is 0.197. The Bertz CT molecular complexity index is 1280. The number of methoxy groups -OCH3 is 1. The molecule has 154 valence electrons. The molecule has 0 unspecified atom stereocenters. The Labute approximate surface area is 172 Å². The molecule has 0 radical (unpaired) electrons. The zero-order chi connectivity index (χ0) is 21.1. The lowest BCUT2D eigenvalue weighted by Crippen LogP contribution is -2.25. The Morgan fingerprint density at radius 2 is 1.90 bits per heavy atom. The summed E-state index contributed by atoms with van der Waals surface area (Å²) in [5, 5.41) is 2.88. The largest absolute Gasteiger partial charge is 0.496 e. The van der Waals surface area contributed by atoms with Crippen molar-refractivity contribution in [2.24, 2.45) is 0 Å². The van der Waals surface area contributed by atoms with Gasteiger partial charge in [0.2, 0.25) is 5.91 Å². The van der Waals surface area contributed by atoms with Crippen LogP contribution in [0.2, 0.25) is 0 Å².